The van der Waals surface area contributed by atoms with Gasteiger partial charge < -0.3 is 4.74 Å². The Morgan fingerprint density at radius 2 is 1.58 bits per heavy atom. The van der Waals surface area contributed by atoms with Crippen molar-refractivity contribution < 1.29 is 4.74 Å². The number of nitrogens with zero attached hydrogens (tertiary/aromatic N) is 2. The summed E-state index contributed by atoms with van der Waals surface area (Å²) >= 11 is 3.56. The maximum absolute atomic E-state index is 5.25. The lowest BCUT2D eigenvalue weighted by Gasteiger charge is -2.07. The van der Waals surface area contributed by atoms with Crippen LogP contribution in [0.15, 0.2) is 89.4 Å². The number of ether oxygens (including phenoxy) is 1. The van der Waals surface area contributed by atoms with Gasteiger partial charge in [-0.1, -0.05) is 46.3 Å². The summed E-state index contributed by atoms with van der Waals surface area (Å²) in [4.78, 5) is 0. The van der Waals surface area contributed by atoms with Crippen molar-refractivity contribution in [1.29, 1.82) is 0 Å². The zero-order valence-corrected chi connectivity index (χ0v) is 15.8. The fourth-order valence-corrected chi connectivity index (χ4v) is 3.30. The highest BCUT2D eigenvalue weighted by molar-refractivity contribution is 9.10. The van der Waals surface area contributed by atoms with E-state index in [2.05, 4.69) is 46.3 Å². The molecule has 0 bridgehead atoms. The van der Waals surface area contributed by atoms with Gasteiger partial charge in [-0.3, -0.25) is 0 Å². The van der Waals surface area contributed by atoms with Crippen LogP contribution in [0.3, 0.4) is 0 Å². The standard InChI is InChI=1S/C22H17BrN2O/c1-26-20-12-10-16(11-13-20)21-15-22(17-6-5-7-18(23)14-17)25(24-21)19-8-3-2-4-9-19/h2-15H,1H3. The maximum atomic E-state index is 5.25. The van der Waals surface area contributed by atoms with Gasteiger partial charge in [-0.25, -0.2) is 4.68 Å². The molecule has 3 nitrogen and oxygen atoms in total. The molecule has 0 saturated carbocycles. The lowest BCUT2D eigenvalue weighted by Crippen LogP contribution is -1.98. The summed E-state index contributed by atoms with van der Waals surface area (Å²) in [6, 6.07) is 28.5. The minimum atomic E-state index is 0.837. The monoisotopic (exact) mass is 404 g/mol. The fourth-order valence-electron chi connectivity index (χ4n) is 2.90. The van der Waals surface area contributed by atoms with E-state index in [0.29, 0.717) is 0 Å². The smallest absolute Gasteiger partial charge is 0.118 e. The molecule has 3 aromatic carbocycles. The van der Waals surface area contributed by atoms with E-state index in [9.17, 15) is 0 Å². The Bertz CT molecular complexity index is 1020. The zero-order valence-electron chi connectivity index (χ0n) is 14.3. The van der Waals surface area contributed by atoms with Crippen molar-refractivity contribution in [2.45, 2.75) is 0 Å². The molecule has 0 N–H and O–H groups in total. The molecular weight excluding hydrogens is 388 g/mol. The van der Waals surface area contributed by atoms with Gasteiger partial charge in [0, 0.05) is 15.6 Å². The van der Waals surface area contributed by atoms with E-state index in [4.69, 9.17) is 9.84 Å². The predicted octanol–water partition coefficient (Wildman–Crippen LogP) is 5.98. The SMILES string of the molecule is COc1ccc(-c2cc(-c3cccc(Br)c3)n(-c3ccccc3)n2)cc1. The van der Waals surface area contributed by atoms with Crippen LogP contribution < -0.4 is 4.74 Å². The first-order chi connectivity index (χ1) is 12.7. The average molecular weight is 405 g/mol. The van der Waals surface area contributed by atoms with E-state index in [1.54, 1.807) is 7.11 Å². The number of rotatable bonds is 4. The highest BCUT2D eigenvalue weighted by atomic mass is 79.9. The molecule has 26 heavy (non-hydrogen) atoms. The average Bonchev–Trinajstić information content (AvgIpc) is 3.14. The quantitative estimate of drug-likeness (QED) is 0.418. The van der Waals surface area contributed by atoms with E-state index in [1.807, 2.05) is 59.3 Å². The van der Waals surface area contributed by atoms with Gasteiger partial charge in [-0.05, 0) is 54.6 Å². The third-order valence-electron chi connectivity index (χ3n) is 4.22. The molecule has 0 radical (unpaired) electrons. The molecule has 0 aliphatic rings. The van der Waals surface area contributed by atoms with Gasteiger partial charge in [0.25, 0.3) is 0 Å². The van der Waals surface area contributed by atoms with Gasteiger partial charge >= 0.3 is 0 Å². The van der Waals surface area contributed by atoms with Gasteiger partial charge in [0.2, 0.25) is 0 Å². The highest BCUT2D eigenvalue weighted by Gasteiger charge is 2.13. The molecule has 4 aromatic rings. The van der Waals surface area contributed by atoms with Crippen LogP contribution in [0.2, 0.25) is 0 Å². The first-order valence-electron chi connectivity index (χ1n) is 8.30. The van der Waals surface area contributed by atoms with Crippen molar-refractivity contribution in [2.75, 3.05) is 7.11 Å². The van der Waals surface area contributed by atoms with Crippen LogP contribution in [0.4, 0.5) is 0 Å². The highest BCUT2D eigenvalue weighted by Crippen LogP contribution is 2.30. The topological polar surface area (TPSA) is 27.1 Å². The number of hydrogen-bond donors (Lipinski definition) is 0. The Morgan fingerprint density at radius 1 is 0.808 bits per heavy atom. The third kappa shape index (κ3) is 3.28. The minimum absolute atomic E-state index is 0.837. The Labute approximate surface area is 161 Å². The van der Waals surface area contributed by atoms with Crippen molar-refractivity contribution in [2.24, 2.45) is 0 Å². The molecule has 1 aromatic heterocycles. The number of benzene rings is 3. The van der Waals surface area contributed by atoms with Gasteiger partial charge in [0.05, 0.1) is 24.2 Å². The maximum Gasteiger partial charge on any atom is 0.118 e. The number of hydrogen-bond acceptors (Lipinski definition) is 2. The lowest BCUT2D eigenvalue weighted by molar-refractivity contribution is 0.415. The molecule has 0 fully saturated rings. The van der Waals surface area contributed by atoms with Crippen LogP contribution in [-0.4, -0.2) is 16.9 Å². The summed E-state index contributed by atoms with van der Waals surface area (Å²) in [6.45, 7) is 0. The Balaban J connectivity index is 1.87. The Hall–Kier alpha value is -2.85. The van der Waals surface area contributed by atoms with E-state index in [1.165, 1.54) is 0 Å². The lowest BCUT2D eigenvalue weighted by atomic mass is 10.1. The first kappa shape index (κ1) is 16.6. The van der Waals surface area contributed by atoms with Crippen LogP contribution in [0.5, 0.6) is 5.75 Å². The van der Waals surface area contributed by atoms with Gasteiger partial charge in [-0.2, -0.15) is 5.10 Å². The van der Waals surface area contributed by atoms with Crippen LogP contribution in [0, 0.1) is 0 Å². The van der Waals surface area contributed by atoms with Crippen LogP contribution in [0.25, 0.3) is 28.2 Å². The molecule has 0 aliphatic heterocycles. The van der Waals surface area contributed by atoms with Gasteiger partial charge in [-0.15, -0.1) is 0 Å². The fraction of sp³-hybridized carbons (Fsp3) is 0.0455. The molecule has 0 amide bonds. The van der Waals surface area contributed by atoms with Crippen LogP contribution >= 0.6 is 15.9 Å². The summed E-state index contributed by atoms with van der Waals surface area (Å²) < 4.78 is 8.29. The van der Waals surface area contributed by atoms with Crippen molar-refractivity contribution >= 4 is 15.9 Å². The molecule has 4 rings (SSSR count). The largest absolute Gasteiger partial charge is 0.497 e. The van der Waals surface area contributed by atoms with E-state index < -0.39 is 0 Å². The minimum Gasteiger partial charge on any atom is -0.497 e. The van der Waals surface area contributed by atoms with Crippen LogP contribution in [0.1, 0.15) is 0 Å². The normalized spacial score (nSPS) is 10.7. The molecule has 0 unspecified atom stereocenters. The molecule has 128 valence electrons. The number of halogens is 1. The van der Waals surface area contributed by atoms with Gasteiger partial charge in [0.15, 0.2) is 0 Å². The molecule has 0 spiro atoms. The molecule has 0 aliphatic carbocycles. The summed E-state index contributed by atoms with van der Waals surface area (Å²) in [5.74, 6) is 0.837. The summed E-state index contributed by atoms with van der Waals surface area (Å²) in [5.41, 5.74) is 5.16. The molecule has 1 heterocycles. The first-order valence-corrected chi connectivity index (χ1v) is 9.10. The molecular formula is C22H17BrN2O. The number of para-hydroxylation sites is 1. The van der Waals surface area contributed by atoms with E-state index >= 15 is 0 Å². The van der Waals surface area contributed by atoms with Crippen molar-refractivity contribution in [3.05, 3.63) is 89.4 Å². The summed E-state index contributed by atoms with van der Waals surface area (Å²) in [7, 11) is 1.67. The Morgan fingerprint density at radius 3 is 2.27 bits per heavy atom. The zero-order chi connectivity index (χ0) is 17.9. The Kier molecular flexibility index (Phi) is 4.59. The van der Waals surface area contributed by atoms with Crippen molar-refractivity contribution in [1.82, 2.24) is 9.78 Å². The van der Waals surface area contributed by atoms with E-state index in [-0.39, 0.29) is 0 Å². The second kappa shape index (κ2) is 7.18. The van der Waals surface area contributed by atoms with E-state index in [0.717, 1.165) is 38.4 Å². The molecule has 4 heteroatoms. The van der Waals surface area contributed by atoms with Crippen molar-refractivity contribution in [3.63, 3.8) is 0 Å². The van der Waals surface area contributed by atoms with Crippen LogP contribution in [-0.2, 0) is 0 Å². The predicted molar refractivity (Wildman–Crippen MR) is 109 cm³/mol. The third-order valence-corrected chi connectivity index (χ3v) is 4.71. The van der Waals surface area contributed by atoms with Crippen molar-refractivity contribution in [3.8, 4) is 34.0 Å². The second-order valence-electron chi connectivity index (χ2n) is 5.90. The molecule has 0 atom stereocenters. The summed E-state index contributed by atoms with van der Waals surface area (Å²) in [6.07, 6.45) is 0. The number of aromatic nitrogens is 2. The molecule has 0 saturated heterocycles. The number of methoxy groups -OCH3 is 1. The summed E-state index contributed by atoms with van der Waals surface area (Å²) in [5, 5.41) is 4.87. The van der Waals surface area contributed by atoms with Gasteiger partial charge in [0.1, 0.15) is 5.75 Å². The second-order valence-corrected chi connectivity index (χ2v) is 6.82.